The van der Waals surface area contributed by atoms with Crippen molar-refractivity contribution < 1.29 is 8.42 Å². The zero-order valence-electron chi connectivity index (χ0n) is 12.1. The van der Waals surface area contributed by atoms with Crippen LogP contribution in [0.4, 0.5) is 0 Å². The van der Waals surface area contributed by atoms with Crippen LogP contribution in [0.3, 0.4) is 0 Å². The molecule has 0 saturated heterocycles. The molecule has 0 spiro atoms. The van der Waals surface area contributed by atoms with Gasteiger partial charge in [0.2, 0.25) is 0 Å². The minimum absolute atomic E-state index is 0.214. The molecule has 112 valence electrons. The van der Waals surface area contributed by atoms with Gasteiger partial charge in [0.1, 0.15) is 10.8 Å². The number of sulfone groups is 1. The lowest BCUT2D eigenvalue weighted by Gasteiger charge is -2.05. The van der Waals surface area contributed by atoms with Gasteiger partial charge in [-0.1, -0.05) is 48.0 Å². The molecule has 2 aromatic rings. The van der Waals surface area contributed by atoms with Crippen LogP contribution >= 0.6 is 0 Å². The van der Waals surface area contributed by atoms with E-state index in [0.29, 0.717) is 0 Å². The molecule has 0 amide bonds. The van der Waals surface area contributed by atoms with Crippen LogP contribution in [0.15, 0.2) is 59.5 Å². The molecule has 0 aliphatic heterocycles. The van der Waals surface area contributed by atoms with Crippen LogP contribution in [0, 0.1) is 18.3 Å². The van der Waals surface area contributed by atoms with E-state index >= 15 is 0 Å². The van der Waals surface area contributed by atoms with E-state index in [0.717, 1.165) is 11.1 Å². The third-order valence-corrected chi connectivity index (χ3v) is 6.48. The van der Waals surface area contributed by atoms with Crippen LogP contribution in [0.1, 0.15) is 17.0 Å². The number of rotatable bonds is 3. The maximum absolute atomic E-state index is 12.8. The molecule has 1 aliphatic rings. The number of hydrogen-bond acceptors (Lipinski definition) is 4. The summed E-state index contributed by atoms with van der Waals surface area (Å²) in [6.45, 7) is 1.89. The SMILES string of the molecule is Cc1ccc(S(=O)(=O)[C@@H]2[C@@H](c3ccccc3)[C@@]2(N)C#N)cc1. The molecule has 3 atom stereocenters. The van der Waals surface area contributed by atoms with Gasteiger partial charge in [0.25, 0.3) is 0 Å². The maximum atomic E-state index is 12.8. The van der Waals surface area contributed by atoms with Crippen molar-refractivity contribution in [3.63, 3.8) is 0 Å². The highest BCUT2D eigenvalue weighted by Crippen LogP contribution is 2.55. The van der Waals surface area contributed by atoms with Gasteiger partial charge in [0.05, 0.1) is 11.0 Å². The van der Waals surface area contributed by atoms with Gasteiger partial charge in [0.15, 0.2) is 9.84 Å². The molecular weight excluding hydrogens is 296 g/mol. The summed E-state index contributed by atoms with van der Waals surface area (Å²) in [4.78, 5) is 0.214. The summed E-state index contributed by atoms with van der Waals surface area (Å²) in [5, 5.41) is 8.48. The quantitative estimate of drug-likeness (QED) is 0.941. The smallest absolute Gasteiger partial charge is 0.184 e. The lowest BCUT2D eigenvalue weighted by atomic mass is 10.1. The lowest BCUT2D eigenvalue weighted by Crippen LogP contribution is -2.29. The van der Waals surface area contributed by atoms with Crippen molar-refractivity contribution in [1.29, 1.82) is 5.26 Å². The fourth-order valence-corrected chi connectivity index (χ4v) is 5.11. The van der Waals surface area contributed by atoms with Gasteiger partial charge in [-0.3, -0.25) is 0 Å². The van der Waals surface area contributed by atoms with Crippen molar-refractivity contribution >= 4 is 9.84 Å². The molecule has 1 aliphatic carbocycles. The zero-order chi connectivity index (χ0) is 16.0. The Balaban J connectivity index is 2.04. The summed E-state index contributed by atoms with van der Waals surface area (Å²) in [5.74, 6) is -0.495. The Labute approximate surface area is 130 Å². The second kappa shape index (κ2) is 4.94. The average Bonchev–Trinajstić information content (AvgIpc) is 3.16. The molecule has 2 N–H and O–H groups in total. The van der Waals surface area contributed by atoms with Gasteiger partial charge in [-0.15, -0.1) is 0 Å². The van der Waals surface area contributed by atoms with Gasteiger partial charge in [0, 0.05) is 5.92 Å². The van der Waals surface area contributed by atoms with Gasteiger partial charge in [-0.2, -0.15) is 5.26 Å². The number of nitrogens with zero attached hydrogens (tertiary/aromatic N) is 1. The highest BCUT2D eigenvalue weighted by molar-refractivity contribution is 7.92. The van der Waals surface area contributed by atoms with Gasteiger partial charge < -0.3 is 5.73 Å². The number of benzene rings is 2. The second-order valence-electron chi connectivity index (χ2n) is 5.71. The van der Waals surface area contributed by atoms with E-state index in [1.165, 1.54) is 0 Å². The Hall–Kier alpha value is -2.16. The highest BCUT2D eigenvalue weighted by atomic mass is 32.2. The van der Waals surface area contributed by atoms with Gasteiger partial charge in [-0.25, -0.2) is 8.42 Å². The normalized spacial score (nSPS) is 27.1. The van der Waals surface area contributed by atoms with E-state index in [2.05, 4.69) is 0 Å². The minimum Gasteiger partial charge on any atom is -0.312 e. The highest BCUT2D eigenvalue weighted by Gasteiger charge is 2.70. The molecule has 5 heteroatoms. The standard InChI is InChI=1S/C17H16N2O2S/c1-12-7-9-14(10-8-12)22(20,21)16-15(17(16,19)11-18)13-5-3-2-4-6-13/h2-10,15-16H,19H2,1H3/t15-,16-,17+/m1/s1. The van der Waals surface area contributed by atoms with E-state index in [9.17, 15) is 13.7 Å². The number of nitriles is 1. The van der Waals surface area contributed by atoms with Gasteiger partial charge >= 0.3 is 0 Å². The topological polar surface area (TPSA) is 83.9 Å². The van der Waals surface area contributed by atoms with Crippen LogP contribution in [0.2, 0.25) is 0 Å². The van der Waals surface area contributed by atoms with Crippen molar-refractivity contribution in [3.8, 4) is 6.07 Å². The van der Waals surface area contributed by atoms with E-state index in [4.69, 9.17) is 5.73 Å². The third-order valence-electron chi connectivity index (χ3n) is 4.22. The molecule has 0 aromatic heterocycles. The summed E-state index contributed by atoms with van der Waals surface area (Å²) in [7, 11) is -3.65. The largest absolute Gasteiger partial charge is 0.312 e. The van der Waals surface area contributed by atoms with Crippen LogP contribution in [-0.4, -0.2) is 19.2 Å². The van der Waals surface area contributed by atoms with Crippen molar-refractivity contribution in [2.45, 2.75) is 28.5 Å². The first-order valence-electron chi connectivity index (χ1n) is 6.97. The molecule has 22 heavy (non-hydrogen) atoms. The number of aryl methyl sites for hydroxylation is 1. The predicted octanol–water partition coefficient (Wildman–Crippen LogP) is 2.16. The Morgan fingerprint density at radius 3 is 2.23 bits per heavy atom. The van der Waals surface area contributed by atoms with Gasteiger partial charge in [-0.05, 0) is 24.6 Å². The fourth-order valence-electron chi connectivity index (χ4n) is 2.93. The summed E-state index contributed by atoms with van der Waals surface area (Å²) >= 11 is 0. The molecule has 3 rings (SSSR count). The fraction of sp³-hybridized carbons (Fsp3) is 0.235. The van der Waals surface area contributed by atoms with E-state index in [1.807, 2.05) is 43.3 Å². The maximum Gasteiger partial charge on any atom is 0.184 e. The molecule has 0 heterocycles. The molecule has 0 bridgehead atoms. The first-order valence-corrected chi connectivity index (χ1v) is 8.51. The van der Waals surface area contributed by atoms with E-state index in [-0.39, 0.29) is 4.90 Å². The van der Waals surface area contributed by atoms with Crippen LogP contribution in [-0.2, 0) is 9.84 Å². The molecule has 0 radical (unpaired) electrons. The molecule has 4 nitrogen and oxygen atoms in total. The summed E-state index contributed by atoms with van der Waals surface area (Å²) in [5.41, 5.74) is 6.47. The summed E-state index contributed by atoms with van der Waals surface area (Å²) in [6.07, 6.45) is 0. The minimum atomic E-state index is -3.65. The zero-order valence-corrected chi connectivity index (χ0v) is 12.9. The van der Waals surface area contributed by atoms with Crippen molar-refractivity contribution in [3.05, 3.63) is 65.7 Å². The number of hydrogen-bond donors (Lipinski definition) is 1. The molecule has 1 saturated carbocycles. The molecule has 0 unspecified atom stereocenters. The van der Waals surface area contributed by atoms with Crippen molar-refractivity contribution in [2.75, 3.05) is 0 Å². The van der Waals surface area contributed by atoms with Crippen molar-refractivity contribution in [1.82, 2.24) is 0 Å². The Morgan fingerprint density at radius 1 is 1.09 bits per heavy atom. The Bertz CT molecular complexity index is 838. The van der Waals surface area contributed by atoms with Crippen molar-refractivity contribution in [2.24, 2.45) is 5.73 Å². The first kappa shape index (κ1) is 14.8. The van der Waals surface area contributed by atoms with Crippen LogP contribution in [0.5, 0.6) is 0 Å². The molecule has 2 aromatic carbocycles. The molecule has 1 fully saturated rings. The Kier molecular flexibility index (Phi) is 3.32. The van der Waals surface area contributed by atoms with Crippen LogP contribution < -0.4 is 5.73 Å². The van der Waals surface area contributed by atoms with Crippen LogP contribution in [0.25, 0.3) is 0 Å². The summed E-state index contributed by atoms with van der Waals surface area (Å²) < 4.78 is 25.7. The lowest BCUT2D eigenvalue weighted by molar-refractivity contribution is 0.592. The first-order chi connectivity index (χ1) is 10.4. The van der Waals surface area contributed by atoms with E-state index < -0.39 is 26.5 Å². The van der Waals surface area contributed by atoms with E-state index in [1.54, 1.807) is 24.3 Å². The summed E-state index contributed by atoms with van der Waals surface area (Å²) in [6, 6.07) is 17.8. The Morgan fingerprint density at radius 2 is 1.68 bits per heavy atom. The number of nitrogens with two attached hydrogens (primary N) is 1. The third kappa shape index (κ3) is 2.12. The molecular formula is C17H16N2O2S. The predicted molar refractivity (Wildman–Crippen MR) is 83.9 cm³/mol. The average molecular weight is 312 g/mol. The second-order valence-corrected chi connectivity index (χ2v) is 7.78. The monoisotopic (exact) mass is 312 g/mol.